The van der Waals surface area contributed by atoms with Crippen molar-refractivity contribution < 1.29 is 14.3 Å². The lowest BCUT2D eigenvalue weighted by atomic mass is 10.1. The summed E-state index contributed by atoms with van der Waals surface area (Å²) in [4.78, 5) is 17.5. The second-order valence-corrected chi connectivity index (χ2v) is 6.57. The molecule has 0 aliphatic carbocycles. The van der Waals surface area contributed by atoms with Crippen molar-refractivity contribution >= 4 is 36.0 Å². The minimum Gasteiger partial charge on any atom is -0.489 e. The Morgan fingerprint density at radius 3 is 2.67 bits per heavy atom. The second-order valence-electron chi connectivity index (χ2n) is 6.57. The van der Waals surface area contributed by atoms with E-state index in [9.17, 15) is 4.79 Å². The van der Waals surface area contributed by atoms with Gasteiger partial charge in [0.1, 0.15) is 11.9 Å². The summed E-state index contributed by atoms with van der Waals surface area (Å²) in [5, 5.41) is 6.72. The van der Waals surface area contributed by atoms with Gasteiger partial charge in [-0.15, -0.1) is 24.0 Å². The molecule has 0 spiro atoms. The smallest absolute Gasteiger partial charge is 0.409 e. The topological polar surface area (TPSA) is 75.2 Å². The van der Waals surface area contributed by atoms with Crippen molar-refractivity contribution in [2.75, 3.05) is 33.8 Å². The van der Waals surface area contributed by atoms with E-state index < -0.39 is 0 Å². The maximum atomic E-state index is 11.5. The zero-order valence-corrected chi connectivity index (χ0v) is 18.9. The SMILES string of the molecule is CN=C(NCC(C)Oc1cccc(C)c1)NC1CCN(C(=O)OC)CC1.I. The number of ether oxygens (including phenoxy) is 2. The molecule has 1 aromatic rings. The average Bonchev–Trinajstić information content (AvgIpc) is 2.65. The molecule has 1 amide bonds. The van der Waals surface area contributed by atoms with Crippen molar-refractivity contribution in [1.82, 2.24) is 15.5 Å². The molecule has 1 aromatic carbocycles. The Morgan fingerprint density at radius 1 is 1.37 bits per heavy atom. The monoisotopic (exact) mass is 490 g/mol. The average molecular weight is 490 g/mol. The highest BCUT2D eigenvalue weighted by Crippen LogP contribution is 2.14. The van der Waals surface area contributed by atoms with Gasteiger partial charge in [-0.05, 0) is 44.4 Å². The lowest BCUT2D eigenvalue weighted by molar-refractivity contribution is 0.111. The molecule has 0 bridgehead atoms. The van der Waals surface area contributed by atoms with E-state index in [0.717, 1.165) is 24.6 Å². The van der Waals surface area contributed by atoms with Gasteiger partial charge in [0, 0.05) is 26.2 Å². The van der Waals surface area contributed by atoms with E-state index in [0.29, 0.717) is 19.6 Å². The first kappa shape index (κ1) is 23.3. The molecule has 27 heavy (non-hydrogen) atoms. The number of piperidine rings is 1. The van der Waals surface area contributed by atoms with Gasteiger partial charge in [-0.1, -0.05) is 12.1 Å². The molecule has 0 radical (unpaired) electrons. The Kier molecular flexibility index (Phi) is 10.3. The van der Waals surface area contributed by atoms with E-state index in [2.05, 4.69) is 15.6 Å². The highest BCUT2D eigenvalue weighted by molar-refractivity contribution is 14.0. The van der Waals surface area contributed by atoms with Crippen LogP contribution >= 0.6 is 24.0 Å². The molecule has 1 unspecified atom stereocenters. The van der Waals surface area contributed by atoms with E-state index in [4.69, 9.17) is 9.47 Å². The van der Waals surface area contributed by atoms with E-state index in [1.165, 1.54) is 12.7 Å². The Labute approximate surface area is 178 Å². The molecular weight excluding hydrogens is 459 g/mol. The normalized spacial score (nSPS) is 16.1. The Balaban J connectivity index is 0.00000364. The Hall–Kier alpha value is -1.71. The molecule has 2 N–H and O–H groups in total. The Morgan fingerprint density at radius 2 is 2.07 bits per heavy atom. The zero-order chi connectivity index (χ0) is 18.9. The fourth-order valence-electron chi connectivity index (χ4n) is 2.93. The number of benzene rings is 1. The van der Waals surface area contributed by atoms with Crippen LogP contribution in [-0.2, 0) is 4.74 Å². The first-order chi connectivity index (χ1) is 12.5. The Bertz CT molecular complexity index is 619. The van der Waals surface area contributed by atoms with Crippen molar-refractivity contribution in [3.05, 3.63) is 29.8 Å². The fourth-order valence-corrected chi connectivity index (χ4v) is 2.93. The number of rotatable bonds is 5. The highest BCUT2D eigenvalue weighted by atomic mass is 127. The van der Waals surface area contributed by atoms with E-state index in [-0.39, 0.29) is 42.2 Å². The van der Waals surface area contributed by atoms with Crippen LogP contribution < -0.4 is 15.4 Å². The predicted octanol–water partition coefficient (Wildman–Crippen LogP) is 2.78. The zero-order valence-electron chi connectivity index (χ0n) is 16.5. The molecule has 1 aliphatic rings. The number of halogens is 1. The number of methoxy groups -OCH3 is 1. The van der Waals surface area contributed by atoms with Crippen LogP contribution in [0.15, 0.2) is 29.3 Å². The molecular formula is C19H31IN4O3. The summed E-state index contributed by atoms with van der Waals surface area (Å²) in [6.45, 7) is 6.10. The van der Waals surface area contributed by atoms with Crippen LogP contribution in [0.5, 0.6) is 5.75 Å². The van der Waals surface area contributed by atoms with Crippen LogP contribution in [0.4, 0.5) is 4.79 Å². The predicted molar refractivity (Wildman–Crippen MR) is 118 cm³/mol. The number of nitrogens with zero attached hydrogens (tertiary/aromatic N) is 2. The second kappa shape index (κ2) is 11.9. The largest absolute Gasteiger partial charge is 0.489 e. The minimum absolute atomic E-state index is 0. The van der Waals surface area contributed by atoms with Gasteiger partial charge in [0.15, 0.2) is 5.96 Å². The third-order valence-corrected chi connectivity index (χ3v) is 4.38. The van der Waals surface area contributed by atoms with Gasteiger partial charge in [-0.3, -0.25) is 4.99 Å². The molecule has 1 saturated heterocycles. The number of hydrogen-bond acceptors (Lipinski definition) is 4. The summed E-state index contributed by atoms with van der Waals surface area (Å²) in [6.07, 6.45) is 1.49. The maximum Gasteiger partial charge on any atom is 0.409 e. The summed E-state index contributed by atoms with van der Waals surface area (Å²) in [6, 6.07) is 8.32. The fraction of sp³-hybridized carbons (Fsp3) is 0.579. The van der Waals surface area contributed by atoms with Crippen molar-refractivity contribution in [3.8, 4) is 5.75 Å². The number of likely N-dealkylation sites (tertiary alicyclic amines) is 1. The lowest BCUT2D eigenvalue weighted by Gasteiger charge is -2.32. The van der Waals surface area contributed by atoms with Crippen LogP contribution in [-0.4, -0.2) is 62.9 Å². The molecule has 152 valence electrons. The highest BCUT2D eigenvalue weighted by Gasteiger charge is 2.23. The molecule has 1 atom stereocenters. The molecule has 8 heteroatoms. The molecule has 1 heterocycles. The van der Waals surface area contributed by atoms with Crippen molar-refractivity contribution in [3.63, 3.8) is 0 Å². The number of hydrogen-bond donors (Lipinski definition) is 2. The van der Waals surface area contributed by atoms with Crippen molar-refractivity contribution in [2.45, 2.75) is 38.8 Å². The number of aryl methyl sites for hydroxylation is 1. The summed E-state index contributed by atoms with van der Waals surface area (Å²) >= 11 is 0. The maximum absolute atomic E-state index is 11.5. The number of guanidine groups is 1. The van der Waals surface area contributed by atoms with Crippen LogP contribution in [0.2, 0.25) is 0 Å². The van der Waals surface area contributed by atoms with Crippen molar-refractivity contribution in [1.29, 1.82) is 0 Å². The van der Waals surface area contributed by atoms with Gasteiger partial charge in [0.05, 0.1) is 13.7 Å². The molecule has 1 aliphatic heterocycles. The number of amides is 1. The molecule has 7 nitrogen and oxygen atoms in total. The lowest BCUT2D eigenvalue weighted by Crippen LogP contribution is -2.50. The number of carbonyl (C=O) groups excluding carboxylic acids is 1. The van der Waals surface area contributed by atoms with E-state index in [1.54, 1.807) is 11.9 Å². The summed E-state index contributed by atoms with van der Waals surface area (Å²) in [5.74, 6) is 1.62. The quantitative estimate of drug-likeness (QED) is 0.377. The summed E-state index contributed by atoms with van der Waals surface area (Å²) < 4.78 is 10.7. The first-order valence-electron chi connectivity index (χ1n) is 9.05. The molecule has 0 saturated carbocycles. The molecule has 1 fully saturated rings. The van der Waals surface area contributed by atoms with Crippen LogP contribution in [0, 0.1) is 6.92 Å². The molecule has 2 rings (SSSR count). The van der Waals surface area contributed by atoms with Gasteiger partial charge in [0.2, 0.25) is 0 Å². The van der Waals surface area contributed by atoms with Crippen LogP contribution in [0.3, 0.4) is 0 Å². The van der Waals surface area contributed by atoms with Gasteiger partial charge < -0.3 is 25.0 Å². The summed E-state index contributed by atoms with van der Waals surface area (Å²) in [7, 11) is 3.17. The van der Waals surface area contributed by atoms with Gasteiger partial charge in [-0.25, -0.2) is 4.79 Å². The van der Waals surface area contributed by atoms with Crippen LogP contribution in [0.1, 0.15) is 25.3 Å². The third kappa shape index (κ3) is 7.82. The minimum atomic E-state index is -0.256. The standard InChI is InChI=1S/C19H30N4O3.HI/c1-14-6-5-7-17(12-14)26-15(2)13-21-18(20-3)22-16-8-10-23(11-9-16)19(24)25-4;/h5-7,12,15-16H,8-11,13H2,1-4H3,(H2,20,21,22);1H. The number of nitrogens with one attached hydrogen (secondary N) is 2. The first-order valence-corrected chi connectivity index (χ1v) is 9.05. The van der Waals surface area contributed by atoms with Gasteiger partial charge in [-0.2, -0.15) is 0 Å². The number of carbonyl (C=O) groups is 1. The van der Waals surface area contributed by atoms with Crippen molar-refractivity contribution in [2.24, 2.45) is 4.99 Å². The van der Waals surface area contributed by atoms with Gasteiger partial charge >= 0.3 is 6.09 Å². The third-order valence-electron chi connectivity index (χ3n) is 4.38. The number of aliphatic imine (C=N–C) groups is 1. The van der Waals surface area contributed by atoms with E-state index in [1.807, 2.05) is 38.1 Å². The summed E-state index contributed by atoms with van der Waals surface area (Å²) in [5.41, 5.74) is 1.18. The molecule has 0 aromatic heterocycles. The van der Waals surface area contributed by atoms with Crippen LogP contribution in [0.25, 0.3) is 0 Å². The van der Waals surface area contributed by atoms with Gasteiger partial charge in [0.25, 0.3) is 0 Å². The van der Waals surface area contributed by atoms with E-state index >= 15 is 0 Å².